The SMILES string of the molecule is O=C(CCNc1ccc(Oc2ccccc2)cc1)N1CCc2ccccc2C1. The molecule has 0 saturated carbocycles. The van der Waals surface area contributed by atoms with E-state index in [-0.39, 0.29) is 5.91 Å². The van der Waals surface area contributed by atoms with Gasteiger partial charge in [-0.15, -0.1) is 0 Å². The average Bonchev–Trinajstić information content (AvgIpc) is 2.75. The van der Waals surface area contributed by atoms with Gasteiger partial charge in [0.05, 0.1) is 0 Å². The zero-order valence-corrected chi connectivity index (χ0v) is 15.8. The summed E-state index contributed by atoms with van der Waals surface area (Å²) in [5.74, 6) is 1.81. The second-order valence-corrected chi connectivity index (χ2v) is 6.95. The Morgan fingerprint density at radius 2 is 1.54 bits per heavy atom. The monoisotopic (exact) mass is 372 g/mol. The molecule has 0 aromatic heterocycles. The Balaban J connectivity index is 1.24. The minimum absolute atomic E-state index is 0.200. The summed E-state index contributed by atoms with van der Waals surface area (Å²) in [6.45, 7) is 2.15. The second kappa shape index (κ2) is 8.61. The number of hydrogen-bond acceptors (Lipinski definition) is 3. The molecule has 3 aromatic carbocycles. The van der Waals surface area contributed by atoms with Crippen LogP contribution in [0.5, 0.6) is 11.5 Å². The largest absolute Gasteiger partial charge is 0.457 e. The van der Waals surface area contributed by atoms with Gasteiger partial charge in [-0.3, -0.25) is 4.79 Å². The molecule has 4 heteroatoms. The molecule has 142 valence electrons. The van der Waals surface area contributed by atoms with Gasteiger partial charge in [0.1, 0.15) is 11.5 Å². The number of amides is 1. The maximum absolute atomic E-state index is 12.5. The minimum atomic E-state index is 0.200. The highest BCUT2D eigenvalue weighted by Crippen LogP contribution is 2.23. The summed E-state index contributed by atoms with van der Waals surface area (Å²) < 4.78 is 5.80. The Morgan fingerprint density at radius 3 is 2.32 bits per heavy atom. The summed E-state index contributed by atoms with van der Waals surface area (Å²) >= 11 is 0. The van der Waals surface area contributed by atoms with E-state index >= 15 is 0 Å². The molecule has 3 aromatic rings. The van der Waals surface area contributed by atoms with E-state index in [1.165, 1.54) is 11.1 Å². The number of ether oxygens (including phenoxy) is 1. The van der Waals surface area contributed by atoms with Crippen molar-refractivity contribution < 1.29 is 9.53 Å². The molecule has 4 nitrogen and oxygen atoms in total. The van der Waals surface area contributed by atoms with Gasteiger partial charge in [0.2, 0.25) is 5.91 Å². The van der Waals surface area contributed by atoms with Crippen molar-refractivity contribution in [2.24, 2.45) is 0 Å². The number of nitrogens with zero attached hydrogens (tertiary/aromatic N) is 1. The molecule has 0 aliphatic carbocycles. The molecular formula is C24H24N2O2. The Morgan fingerprint density at radius 1 is 0.857 bits per heavy atom. The number of benzene rings is 3. The van der Waals surface area contributed by atoms with Crippen molar-refractivity contribution >= 4 is 11.6 Å². The van der Waals surface area contributed by atoms with Gasteiger partial charge in [0.15, 0.2) is 0 Å². The minimum Gasteiger partial charge on any atom is -0.457 e. The van der Waals surface area contributed by atoms with Gasteiger partial charge < -0.3 is 15.0 Å². The highest BCUT2D eigenvalue weighted by Gasteiger charge is 2.19. The number of para-hydroxylation sites is 1. The highest BCUT2D eigenvalue weighted by molar-refractivity contribution is 5.77. The average molecular weight is 372 g/mol. The normalized spacial score (nSPS) is 12.9. The Bertz CT molecular complexity index is 923. The zero-order valence-electron chi connectivity index (χ0n) is 15.8. The summed E-state index contributed by atoms with van der Waals surface area (Å²) in [6.07, 6.45) is 1.43. The number of carbonyl (C=O) groups is 1. The molecule has 1 amide bonds. The van der Waals surface area contributed by atoms with Crippen LogP contribution in [0.2, 0.25) is 0 Å². The van der Waals surface area contributed by atoms with Gasteiger partial charge in [-0.1, -0.05) is 42.5 Å². The molecule has 1 aliphatic heterocycles. The van der Waals surface area contributed by atoms with Gasteiger partial charge in [-0.2, -0.15) is 0 Å². The van der Waals surface area contributed by atoms with Crippen molar-refractivity contribution in [2.45, 2.75) is 19.4 Å². The summed E-state index contributed by atoms with van der Waals surface area (Å²) in [5, 5.41) is 3.32. The van der Waals surface area contributed by atoms with Crippen LogP contribution in [0.1, 0.15) is 17.5 Å². The van der Waals surface area contributed by atoms with Crippen molar-refractivity contribution in [1.29, 1.82) is 0 Å². The van der Waals surface area contributed by atoms with Crippen LogP contribution in [0.15, 0.2) is 78.9 Å². The molecule has 1 aliphatic rings. The third-order valence-corrected chi connectivity index (χ3v) is 4.98. The molecule has 0 radical (unpaired) electrons. The van der Waals surface area contributed by atoms with Gasteiger partial charge >= 0.3 is 0 Å². The Hall–Kier alpha value is -3.27. The molecule has 1 N–H and O–H groups in total. The number of rotatable bonds is 6. The van der Waals surface area contributed by atoms with Crippen molar-refractivity contribution in [3.05, 3.63) is 90.0 Å². The first kappa shape index (κ1) is 18.1. The fourth-order valence-corrected chi connectivity index (χ4v) is 3.45. The maximum atomic E-state index is 12.5. The van der Waals surface area contributed by atoms with Gasteiger partial charge in [-0.25, -0.2) is 0 Å². The van der Waals surface area contributed by atoms with Crippen molar-refractivity contribution in [3.8, 4) is 11.5 Å². The van der Waals surface area contributed by atoms with Crippen LogP contribution in [0.3, 0.4) is 0 Å². The predicted octanol–water partition coefficient (Wildman–Crippen LogP) is 4.87. The number of carbonyl (C=O) groups excluding carboxylic acids is 1. The van der Waals surface area contributed by atoms with E-state index in [0.29, 0.717) is 13.0 Å². The van der Waals surface area contributed by atoms with Crippen molar-refractivity contribution in [3.63, 3.8) is 0 Å². The fourth-order valence-electron chi connectivity index (χ4n) is 3.45. The Kier molecular flexibility index (Phi) is 5.57. The summed E-state index contributed by atoms with van der Waals surface area (Å²) in [6, 6.07) is 25.9. The molecule has 0 unspecified atom stereocenters. The maximum Gasteiger partial charge on any atom is 0.224 e. The first-order chi connectivity index (χ1) is 13.8. The van der Waals surface area contributed by atoms with E-state index in [1.807, 2.05) is 65.6 Å². The zero-order chi connectivity index (χ0) is 19.2. The van der Waals surface area contributed by atoms with Crippen LogP contribution in [0.25, 0.3) is 0 Å². The summed E-state index contributed by atoms with van der Waals surface area (Å²) in [7, 11) is 0. The predicted molar refractivity (Wildman–Crippen MR) is 112 cm³/mol. The van der Waals surface area contributed by atoms with Crippen LogP contribution >= 0.6 is 0 Å². The van der Waals surface area contributed by atoms with E-state index in [9.17, 15) is 4.79 Å². The Labute approximate surface area is 165 Å². The lowest BCUT2D eigenvalue weighted by Gasteiger charge is -2.29. The second-order valence-electron chi connectivity index (χ2n) is 6.95. The van der Waals surface area contributed by atoms with Gasteiger partial charge in [0.25, 0.3) is 0 Å². The van der Waals surface area contributed by atoms with Crippen LogP contribution in [-0.2, 0) is 17.8 Å². The van der Waals surface area contributed by atoms with Crippen LogP contribution in [-0.4, -0.2) is 23.9 Å². The van der Waals surface area contributed by atoms with Gasteiger partial charge in [0, 0.05) is 31.7 Å². The van der Waals surface area contributed by atoms with Crippen LogP contribution < -0.4 is 10.1 Å². The van der Waals surface area contributed by atoms with E-state index < -0.39 is 0 Å². The standard InChI is InChI=1S/C24H24N2O2/c27-24(26-17-15-19-6-4-5-7-20(19)18-26)14-16-25-21-10-12-23(13-11-21)28-22-8-2-1-3-9-22/h1-13,25H,14-18H2. The van der Waals surface area contributed by atoms with Crippen molar-refractivity contribution in [1.82, 2.24) is 4.90 Å². The number of anilines is 1. The molecule has 0 fully saturated rings. The fraction of sp³-hybridized carbons (Fsp3) is 0.208. The van der Waals surface area contributed by atoms with Crippen LogP contribution in [0.4, 0.5) is 5.69 Å². The third-order valence-electron chi connectivity index (χ3n) is 4.98. The topological polar surface area (TPSA) is 41.6 Å². The highest BCUT2D eigenvalue weighted by atomic mass is 16.5. The van der Waals surface area contributed by atoms with E-state index in [2.05, 4.69) is 23.5 Å². The summed E-state index contributed by atoms with van der Waals surface area (Å²) in [4.78, 5) is 14.5. The van der Waals surface area contributed by atoms with E-state index in [1.54, 1.807) is 0 Å². The van der Waals surface area contributed by atoms with E-state index in [0.717, 1.165) is 36.7 Å². The molecule has 0 atom stereocenters. The smallest absolute Gasteiger partial charge is 0.224 e. The van der Waals surface area contributed by atoms with E-state index in [4.69, 9.17) is 4.74 Å². The lowest BCUT2D eigenvalue weighted by Crippen LogP contribution is -2.36. The number of fused-ring (bicyclic) bond motifs is 1. The molecule has 28 heavy (non-hydrogen) atoms. The molecule has 0 saturated heterocycles. The van der Waals surface area contributed by atoms with Crippen LogP contribution in [0, 0.1) is 0 Å². The lowest BCUT2D eigenvalue weighted by molar-refractivity contribution is -0.131. The lowest BCUT2D eigenvalue weighted by atomic mass is 10.00. The summed E-state index contributed by atoms with van der Waals surface area (Å²) in [5.41, 5.74) is 3.61. The quantitative estimate of drug-likeness (QED) is 0.671. The molecular weight excluding hydrogens is 348 g/mol. The van der Waals surface area contributed by atoms with Gasteiger partial charge in [-0.05, 0) is 53.9 Å². The van der Waals surface area contributed by atoms with Crippen molar-refractivity contribution in [2.75, 3.05) is 18.4 Å². The molecule has 0 spiro atoms. The molecule has 0 bridgehead atoms. The molecule has 4 rings (SSSR count). The molecule has 1 heterocycles. The first-order valence-electron chi connectivity index (χ1n) is 9.69. The third kappa shape index (κ3) is 4.52. The number of nitrogens with one attached hydrogen (secondary N) is 1. The number of hydrogen-bond donors (Lipinski definition) is 1. The first-order valence-corrected chi connectivity index (χ1v) is 9.69.